The topological polar surface area (TPSA) is 62.2 Å². The Morgan fingerprint density at radius 2 is 2.11 bits per heavy atom. The van der Waals surface area contributed by atoms with Crippen LogP contribution in [0.1, 0.15) is 19.3 Å². The summed E-state index contributed by atoms with van der Waals surface area (Å²) in [7, 11) is 0. The van der Waals surface area contributed by atoms with E-state index in [1.165, 1.54) is 0 Å². The molecule has 0 bridgehead atoms. The van der Waals surface area contributed by atoms with Gasteiger partial charge in [0.1, 0.15) is 11.9 Å². The van der Waals surface area contributed by atoms with Gasteiger partial charge < -0.3 is 10.4 Å². The van der Waals surface area contributed by atoms with E-state index < -0.39 is 6.10 Å². The zero-order valence-corrected chi connectivity index (χ0v) is 10.5. The normalized spacial score (nSPS) is 16.9. The number of amides is 1. The van der Waals surface area contributed by atoms with Crippen molar-refractivity contribution in [3.05, 3.63) is 36.5 Å². The van der Waals surface area contributed by atoms with Crippen LogP contribution < -0.4 is 5.32 Å². The number of hydrogen-bond donors (Lipinski definition) is 2. The number of aromatic nitrogens is 1. The molecule has 1 atom stereocenters. The van der Waals surface area contributed by atoms with Crippen molar-refractivity contribution in [2.45, 2.75) is 25.4 Å². The number of carbonyl (C=O) groups excluding carboxylic acids is 1. The lowest BCUT2D eigenvalue weighted by Crippen LogP contribution is -2.37. The molecule has 3 rings (SSSR count). The van der Waals surface area contributed by atoms with Gasteiger partial charge >= 0.3 is 0 Å². The second-order valence-electron chi connectivity index (χ2n) is 5.01. The van der Waals surface area contributed by atoms with Crippen molar-refractivity contribution in [1.82, 2.24) is 4.98 Å². The molecule has 0 saturated heterocycles. The van der Waals surface area contributed by atoms with Crippen molar-refractivity contribution in [2.24, 2.45) is 5.92 Å². The van der Waals surface area contributed by atoms with Gasteiger partial charge in [-0.25, -0.2) is 4.98 Å². The van der Waals surface area contributed by atoms with E-state index in [0.29, 0.717) is 5.82 Å². The van der Waals surface area contributed by atoms with Crippen LogP contribution >= 0.6 is 0 Å². The summed E-state index contributed by atoms with van der Waals surface area (Å²) in [4.78, 5) is 16.2. The van der Waals surface area contributed by atoms with E-state index in [0.717, 1.165) is 30.0 Å². The summed E-state index contributed by atoms with van der Waals surface area (Å²) in [5.74, 6) is 0.269. The van der Waals surface area contributed by atoms with E-state index in [1.54, 1.807) is 6.20 Å². The molecular formula is C15H16N2O2. The molecule has 19 heavy (non-hydrogen) atoms. The Bertz CT molecular complexity index is 603. The molecule has 0 aliphatic heterocycles. The maximum Gasteiger partial charge on any atom is 0.254 e. The average molecular weight is 256 g/mol. The minimum atomic E-state index is -0.922. The minimum absolute atomic E-state index is 0.106. The summed E-state index contributed by atoms with van der Waals surface area (Å²) in [6.07, 6.45) is 3.69. The number of fused-ring (bicyclic) bond motifs is 1. The molecule has 1 fully saturated rings. The molecule has 2 N–H and O–H groups in total. The van der Waals surface area contributed by atoms with Crippen LogP contribution in [-0.2, 0) is 4.79 Å². The van der Waals surface area contributed by atoms with Crippen LogP contribution in [0.25, 0.3) is 10.8 Å². The third-order valence-electron chi connectivity index (χ3n) is 3.78. The third-order valence-corrected chi connectivity index (χ3v) is 3.78. The molecule has 1 heterocycles. The zero-order valence-electron chi connectivity index (χ0n) is 10.5. The highest BCUT2D eigenvalue weighted by atomic mass is 16.3. The molecule has 4 nitrogen and oxygen atoms in total. The van der Waals surface area contributed by atoms with Gasteiger partial charge in [0.05, 0.1) is 0 Å². The van der Waals surface area contributed by atoms with Crippen molar-refractivity contribution < 1.29 is 9.90 Å². The quantitative estimate of drug-likeness (QED) is 0.886. The third kappa shape index (κ3) is 2.31. The highest BCUT2D eigenvalue weighted by molar-refractivity contribution is 6.01. The number of nitrogens with zero attached hydrogens (tertiary/aromatic N) is 1. The molecule has 2 aromatic rings. The summed E-state index contributed by atoms with van der Waals surface area (Å²) in [6, 6.07) is 9.62. The van der Waals surface area contributed by atoms with Crippen molar-refractivity contribution in [1.29, 1.82) is 0 Å². The minimum Gasteiger partial charge on any atom is -0.383 e. The zero-order chi connectivity index (χ0) is 13.2. The standard InChI is InChI=1S/C15H16N2O2/c18-13(11-5-3-6-11)15(19)17-14-12-7-2-1-4-10(12)8-9-16-14/h1-2,4,7-9,11,13,18H,3,5-6H2,(H,16,17,19). The average Bonchev–Trinajstić information content (AvgIpc) is 2.37. The number of rotatable bonds is 3. The van der Waals surface area contributed by atoms with Crippen LogP contribution in [0.2, 0.25) is 0 Å². The Morgan fingerprint density at radius 3 is 2.84 bits per heavy atom. The lowest BCUT2D eigenvalue weighted by Gasteiger charge is -2.29. The van der Waals surface area contributed by atoms with Crippen LogP contribution in [0, 0.1) is 5.92 Å². The predicted octanol–water partition coefficient (Wildman–Crippen LogP) is 2.33. The molecule has 1 unspecified atom stereocenters. The first-order chi connectivity index (χ1) is 9.25. The number of aliphatic hydroxyl groups is 1. The van der Waals surface area contributed by atoms with Crippen LogP contribution in [-0.4, -0.2) is 22.1 Å². The van der Waals surface area contributed by atoms with Gasteiger partial charge in [-0.1, -0.05) is 30.7 Å². The molecule has 4 heteroatoms. The molecule has 1 aliphatic carbocycles. The first-order valence-electron chi connectivity index (χ1n) is 6.58. The van der Waals surface area contributed by atoms with Gasteiger partial charge in [0.25, 0.3) is 5.91 Å². The van der Waals surface area contributed by atoms with Crippen molar-refractivity contribution in [3.63, 3.8) is 0 Å². The second kappa shape index (κ2) is 4.97. The van der Waals surface area contributed by atoms with Gasteiger partial charge in [-0.3, -0.25) is 4.79 Å². The number of anilines is 1. The lowest BCUT2D eigenvalue weighted by molar-refractivity contribution is -0.128. The van der Waals surface area contributed by atoms with Crippen molar-refractivity contribution >= 4 is 22.5 Å². The highest BCUT2D eigenvalue weighted by Crippen LogP contribution is 2.30. The Kier molecular flexibility index (Phi) is 3.17. The SMILES string of the molecule is O=C(Nc1nccc2ccccc12)C(O)C1CCC1. The van der Waals surface area contributed by atoms with Crippen LogP contribution in [0.4, 0.5) is 5.82 Å². The summed E-state index contributed by atoms with van der Waals surface area (Å²) < 4.78 is 0. The summed E-state index contributed by atoms with van der Waals surface area (Å²) >= 11 is 0. The molecule has 1 aliphatic rings. The van der Waals surface area contributed by atoms with Gasteiger partial charge in [0.2, 0.25) is 0 Å². The Balaban J connectivity index is 1.82. The van der Waals surface area contributed by atoms with E-state index in [4.69, 9.17) is 0 Å². The fraction of sp³-hybridized carbons (Fsp3) is 0.333. The maximum atomic E-state index is 12.0. The molecular weight excluding hydrogens is 240 g/mol. The number of benzene rings is 1. The van der Waals surface area contributed by atoms with Crippen molar-refractivity contribution in [3.8, 4) is 0 Å². The molecule has 0 radical (unpaired) electrons. The van der Waals surface area contributed by atoms with E-state index >= 15 is 0 Å². The van der Waals surface area contributed by atoms with Gasteiger partial charge in [0.15, 0.2) is 0 Å². The summed E-state index contributed by atoms with van der Waals surface area (Å²) in [5, 5.41) is 14.6. The van der Waals surface area contributed by atoms with Gasteiger partial charge in [-0.2, -0.15) is 0 Å². The fourth-order valence-corrected chi connectivity index (χ4v) is 2.38. The van der Waals surface area contributed by atoms with Gasteiger partial charge in [-0.15, -0.1) is 0 Å². The Labute approximate surface area is 111 Å². The summed E-state index contributed by atoms with van der Waals surface area (Å²) in [5.41, 5.74) is 0. The van der Waals surface area contributed by atoms with Crippen LogP contribution in [0.5, 0.6) is 0 Å². The molecule has 1 aromatic heterocycles. The largest absolute Gasteiger partial charge is 0.383 e. The summed E-state index contributed by atoms with van der Waals surface area (Å²) in [6.45, 7) is 0. The van der Waals surface area contributed by atoms with Gasteiger partial charge in [0, 0.05) is 11.6 Å². The molecule has 1 saturated carbocycles. The first kappa shape index (κ1) is 12.1. The number of hydrogen-bond acceptors (Lipinski definition) is 3. The second-order valence-corrected chi connectivity index (χ2v) is 5.01. The maximum absolute atomic E-state index is 12.0. The lowest BCUT2D eigenvalue weighted by atomic mass is 9.81. The molecule has 0 spiro atoms. The van der Waals surface area contributed by atoms with Crippen molar-refractivity contribution in [2.75, 3.05) is 5.32 Å². The van der Waals surface area contributed by atoms with Crippen LogP contribution in [0.3, 0.4) is 0 Å². The molecule has 98 valence electrons. The fourth-order valence-electron chi connectivity index (χ4n) is 2.38. The first-order valence-corrected chi connectivity index (χ1v) is 6.58. The smallest absolute Gasteiger partial charge is 0.254 e. The van der Waals surface area contributed by atoms with Crippen LogP contribution in [0.15, 0.2) is 36.5 Å². The monoisotopic (exact) mass is 256 g/mol. The Morgan fingerprint density at radius 1 is 1.32 bits per heavy atom. The van der Waals surface area contributed by atoms with Gasteiger partial charge in [-0.05, 0) is 30.2 Å². The Hall–Kier alpha value is -1.94. The number of aliphatic hydroxyl groups excluding tert-OH is 1. The van der Waals surface area contributed by atoms with E-state index in [-0.39, 0.29) is 11.8 Å². The molecule has 1 aromatic carbocycles. The number of pyridine rings is 1. The molecule has 1 amide bonds. The van der Waals surface area contributed by atoms with E-state index in [9.17, 15) is 9.90 Å². The van der Waals surface area contributed by atoms with E-state index in [1.807, 2.05) is 30.3 Å². The van der Waals surface area contributed by atoms with E-state index in [2.05, 4.69) is 10.3 Å². The predicted molar refractivity (Wildman–Crippen MR) is 73.7 cm³/mol. The highest BCUT2D eigenvalue weighted by Gasteiger charge is 2.31. The number of carbonyl (C=O) groups is 1. The number of nitrogens with one attached hydrogen (secondary N) is 1.